The number of ketones is 1. The average molecular weight is 372 g/mol. The van der Waals surface area contributed by atoms with Gasteiger partial charge < -0.3 is 10.6 Å². The molecule has 0 bridgehead atoms. The Balaban J connectivity index is 1.72. The second kappa shape index (κ2) is 7.43. The number of rotatable bonds is 4. The van der Waals surface area contributed by atoms with E-state index in [0.717, 1.165) is 29.9 Å². The second-order valence-corrected chi connectivity index (χ2v) is 7.41. The molecule has 2 aromatic carbocycles. The lowest BCUT2D eigenvalue weighted by Crippen LogP contribution is -2.17. The molecule has 0 unspecified atom stereocenters. The summed E-state index contributed by atoms with van der Waals surface area (Å²) in [6.07, 6.45) is 2.16. The molecule has 0 fully saturated rings. The molecular formula is C23H24N4O. The number of nitrogens with zero attached hydrogens (tertiary/aromatic N) is 2. The van der Waals surface area contributed by atoms with Crippen LogP contribution >= 0.6 is 0 Å². The molecule has 28 heavy (non-hydrogen) atoms. The van der Waals surface area contributed by atoms with Gasteiger partial charge in [0.15, 0.2) is 5.78 Å². The van der Waals surface area contributed by atoms with E-state index < -0.39 is 0 Å². The number of aromatic nitrogens is 2. The maximum absolute atomic E-state index is 12.6. The number of hydrogen-bond donors (Lipinski definition) is 2. The molecule has 0 aliphatic heterocycles. The lowest BCUT2D eigenvalue weighted by molar-refractivity contribution is 0.0972. The van der Waals surface area contributed by atoms with Crippen LogP contribution < -0.4 is 10.6 Å². The van der Waals surface area contributed by atoms with Crippen LogP contribution in [0.25, 0.3) is 0 Å². The topological polar surface area (TPSA) is 66.9 Å². The highest BCUT2D eigenvalue weighted by Crippen LogP contribution is 2.30. The van der Waals surface area contributed by atoms with Gasteiger partial charge in [-0.25, -0.2) is 4.98 Å². The summed E-state index contributed by atoms with van der Waals surface area (Å²) in [5.41, 5.74) is 6.90. The molecule has 0 radical (unpaired) electrons. The summed E-state index contributed by atoms with van der Waals surface area (Å²) >= 11 is 0. The highest BCUT2D eigenvalue weighted by atomic mass is 16.1. The van der Waals surface area contributed by atoms with Gasteiger partial charge in [-0.2, -0.15) is 4.98 Å². The van der Waals surface area contributed by atoms with Crippen molar-refractivity contribution < 1.29 is 4.79 Å². The minimum atomic E-state index is 0.105. The number of fused-ring (bicyclic) bond motifs is 1. The van der Waals surface area contributed by atoms with E-state index in [2.05, 4.69) is 46.6 Å². The predicted octanol–water partition coefficient (Wildman–Crippen LogP) is 5.41. The predicted molar refractivity (Wildman–Crippen MR) is 113 cm³/mol. The van der Waals surface area contributed by atoms with Gasteiger partial charge in [-0.1, -0.05) is 23.8 Å². The van der Waals surface area contributed by atoms with Gasteiger partial charge in [-0.15, -0.1) is 0 Å². The Morgan fingerprint density at radius 2 is 1.57 bits per heavy atom. The Morgan fingerprint density at radius 1 is 0.821 bits per heavy atom. The molecule has 1 aromatic heterocycles. The fraction of sp³-hybridized carbons (Fsp3) is 0.261. The molecule has 5 nitrogen and oxygen atoms in total. The van der Waals surface area contributed by atoms with Gasteiger partial charge in [0.1, 0.15) is 5.82 Å². The number of hydrogen-bond acceptors (Lipinski definition) is 5. The molecule has 0 amide bonds. The van der Waals surface area contributed by atoms with E-state index in [0.29, 0.717) is 23.8 Å². The first kappa shape index (κ1) is 18.2. The van der Waals surface area contributed by atoms with Crippen molar-refractivity contribution in [2.45, 2.75) is 40.0 Å². The number of carbonyl (C=O) groups is 1. The largest absolute Gasteiger partial charge is 0.339 e. The maximum Gasteiger partial charge on any atom is 0.229 e. The first-order valence-corrected chi connectivity index (χ1v) is 9.62. The van der Waals surface area contributed by atoms with Crippen molar-refractivity contribution in [3.8, 4) is 0 Å². The van der Waals surface area contributed by atoms with Crippen LogP contribution in [0.1, 0.15) is 45.6 Å². The second-order valence-electron chi connectivity index (χ2n) is 7.41. The standard InChI is InChI=1S/C23H24N4O/c1-14-7-10-17(11-8-14)24-22-21-19(5-4-6-20(21)28)26-23(27-22)25-18-12-9-15(2)16(3)13-18/h7-13H,4-6H2,1-3H3,(H2,24,25,26,27). The smallest absolute Gasteiger partial charge is 0.229 e. The van der Waals surface area contributed by atoms with Crippen molar-refractivity contribution in [3.63, 3.8) is 0 Å². The molecule has 4 rings (SSSR count). The summed E-state index contributed by atoms with van der Waals surface area (Å²) in [7, 11) is 0. The third kappa shape index (κ3) is 3.74. The zero-order valence-corrected chi connectivity index (χ0v) is 16.5. The highest BCUT2D eigenvalue weighted by Gasteiger charge is 2.24. The first-order chi connectivity index (χ1) is 13.5. The average Bonchev–Trinajstić information content (AvgIpc) is 2.66. The van der Waals surface area contributed by atoms with Crippen LogP contribution in [0, 0.1) is 20.8 Å². The van der Waals surface area contributed by atoms with Crippen LogP contribution in [0.2, 0.25) is 0 Å². The summed E-state index contributed by atoms with van der Waals surface area (Å²) in [6, 6.07) is 14.2. The summed E-state index contributed by atoms with van der Waals surface area (Å²) in [4.78, 5) is 21.9. The van der Waals surface area contributed by atoms with E-state index in [9.17, 15) is 4.79 Å². The van der Waals surface area contributed by atoms with Gasteiger partial charge in [0, 0.05) is 17.8 Å². The van der Waals surface area contributed by atoms with E-state index in [1.54, 1.807) is 0 Å². The molecule has 1 aliphatic carbocycles. The van der Waals surface area contributed by atoms with Gasteiger partial charge in [-0.3, -0.25) is 4.79 Å². The summed E-state index contributed by atoms with van der Waals surface area (Å²) < 4.78 is 0. The van der Waals surface area contributed by atoms with Crippen molar-refractivity contribution in [3.05, 3.63) is 70.4 Å². The minimum absolute atomic E-state index is 0.105. The number of aryl methyl sites for hydroxylation is 4. The number of Topliss-reactive ketones (excluding diaryl/α,β-unsaturated/α-hetero) is 1. The normalized spacial score (nSPS) is 13.2. The molecule has 2 N–H and O–H groups in total. The molecule has 1 aliphatic rings. The molecule has 3 aromatic rings. The van der Waals surface area contributed by atoms with Crippen LogP contribution in [-0.2, 0) is 6.42 Å². The molecule has 0 saturated carbocycles. The Labute approximate surface area is 165 Å². The quantitative estimate of drug-likeness (QED) is 0.641. The molecular weight excluding hydrogens is 348 g/mol. The third-order valence-electron chi connectivity index (χ3n) is 5.16. The molecule has 0 saturated heterocycles. The Morgan fingerprint density at radius 3 is 2.32 bits per heavy atom. The first-order valence-electron chi connectivity index (χ1n) is 9.62. The van der Waals surface area contributed by atoms with Gasteiger partial charge in [0.2, 0.25) is 5.95 Å². The SMILES string of the molecule is Cc1ccc(Nc2nc(Nc3ccc(C)c(C)c3)nc3c2C(=O)CCC3)cc1. The maximum atomic E-state index is 12.6. The van der Waals surface area contributed by atoms with E-state index >= 15 is 0 Å². The minimum Gasteiger partial charge on any atom is -0.339 e. The van der Waals surface area contributed by atoms with Crippen LogP contribution in [0.4, 0.5) is 23.1 Å². The van der Waals surface area contributed by atoms with Crippen LogP contribution in [-0.4, -0.2) is 15.8 Å². The highest BCUT2D eigenvalue weighted by molar-refractivity contribution is 6.03. The lowest BCUT2D eigenvalue weighted by atomic mass is 9.95. The van der Waals surface area contributed by atoms with Crippen LogP contribution in [0.5, 0.6) is 0 Å². The summed E-state index contributed by atoms with van der Waals surface area (Å²) in [5.74, 6) is 1.18. The molecule has 0 spiro atoms. The molecule has 5 heteroatoms. The van der Waals surface area contributed by atoms with Gasteiger partial charge in [0.25, 0.3) is 0 Å². The Kier molecular flexibility index (Phi) is 4.82. The number of benzene rings is 2. The monoisotopic (exact) mass is 372 g/mol. The number of nitrogens with one attached hydrogen (secondary N) is 2. The zero-order chi connectivity index (χ0) is 19.7. The van der Waals surface area contributed by atoms with Crippen molar-refractivity contribution in [2.75, 3.05) is 10.6 Å². The van der Waals surface area contributed by atoms with Crippen molar-refractivity contribution in [1.82, 2.24) is 9.97 Å². The van der Waals surface area contributed by atoms with Gasteiger partial charge in [-0.05, 0) is 69.0 Å². The van der Waals surface area contributed by atoms with Crippen molar-refractivity contribution >= 4 is 28.9 Å². The molecule has 142 valence electrons. The van der Waals surface area contributed by atoms with Crippen LogP contribution in [0.15, 0.2) is 42.5 Å². The van der Waals surface area contributed by atoms with Gasteiger partial charge in [0.05, 0.1) is 11.3 Å². The molecule has 1 heterocycles. The Hall–Kier alpha value is -3.21. The number of carbonyl (C=O) groups excluding carboxylic acids is 1. The fourth-order valence-electron chi connectivity index (χ4n) is 3.39. The van der Waals surface area contributed by atoms with Crippen LogP contribution in [0.3, 0.4) is 0 Å². The Bertz CT molecular complexity index is 1040. The zero-order valence-electron chi connectivity index (χ0n) is 16.5. The lowest BCUT2D eigenvalue weighted by Gasteiger charge is -2.19. The van der Waals surface area contributed by atoms with E-state index in [4.69, 9.17) is 0 Å². The third-order valence-corrected chi connectivity index (χ3v) is 5.16. The summed E-state index contributed by atoms with van der Waals surface area (Å²) in [5, 5.41) is 6.62. The summed E-state index contributed by atoms with van der Waals surface area (Å²) in [6.45, 7) is 6.21. The fourth-order valence-corrected chi connectivity index (χ4v) is 3.39. The van der Waals surface area contributed by atoms with E-state index in [1.165, 1.54) is 16.7 Å². The van der Waals surface area contributed by atoms with Crippen molar-refractivity contribution in [2.24, 2.45) is 0 Å². The number of anilines is 4. The van der Waals surface area contributed by atoms with Gasteiger partial charge >= 0.3 is 0 Å². The van der Waals surface area contributed by atoms with E-state index in [-0.39, 0.29) is 5.78 Å². The molecule has 0 atom stereocenters. The van der Waals surface area contributed by atoms with E-state index in [1.807, 2.05) is 37.3 Å². The van der Waals surface area contributed by atoms with Crippen molar-refractivity contribution in [1.29, 1.82) is 0 Å².